The Hall–Kier alpha value is -1.14. The molecule has 0 saturated carbocycles. The third-order valence-corrected chi connectivity index (χ3v) is 7.53. The number of nitrogens with zero attached hydrogens (tertiary/aromatic N) is 2. The molecule has 0 amide bonds. The third-order valence-electron chi connectivity index (χ3n) is 4.17. The van der Waals surface area contributed by atoms with E-state index in [0.717, 1.165) is 28.3 Å². The first-order valence-electron chi connectivity index (χ1n) is 6.45. The number of thiazole rings is 1. The smallest absolute Gasteiger partial charge is 0.186 e. The van der Waals surface area contributed by atoms with E-state index in [1.807, 2.05) is 18.2 Å². The van der Waals surface area contributed by atoms with Crippen LogP contribution >= 0.6 is 11.3 Å². The van der Waals surface area contributed by atoms with Gasteiger partial charge in [0.1, 0.15) is 0 Å². The highest BCUT2D eigenvalue weighted by atomic mass is 32.2. The molecule has 4 nitrogen and oxygen atoms in total. The van der Waals surface area contributed by atoms with E-state index in [9.17, 15) is 8.42 Å². The minimum Gasteiger partial charge on any atom is -0.346 e. The summed E-state index contributed by atoms with van der Waals surface area (Å²) in [6.07, 6.45) is 0.814. The normalized spacial score (nSPS) is 28.9. The standard InChI is InChI=1S/C13H14N2O2S2/c16-19(17)6-5-9-7-15(8-12(9)19)13-14-10-3-1-2-4-11(10)18-13/h1-4,9,12H,5-8H2/t9-,12+/m0/s1. The zero-order chi connectivity index (χ0) is 13.0. The summed E-state index contributed by atoms with van der Waals surface area (Å²) in [6, 6.07) is 8.05. The van der Waals surface area contributed by atoms with Crippen LogP contribution in [0.3, 0.4) is 0 Å². The molecule has 2 saturated heterocycles. The monoisotopic (exact) mass is 294 g/mol. The molecule has 2 aliphatic heterocycles. The molecule has 2 aromatic rings. The Morgan fingerprint density at radius 2 is 2.11 bits per heavy atom. The average molecular weight is 294 g/mol. The maximum atomic E-state index is 11.9. The number of aromatic nitrogens is 1. The first kappa shape index (κ1) is 11.7. The van der Waals surface area contributed by atoms with Gasteiger partial charge in [-0.1, -0.05) is 23.5 Å². The van der Waals surface area contributed by atoms with Gasteiger partial charge in [-0.15, -0.1) is 0 Å². The molecule has 0 unspecified atom stereocenters. The number of sulfone groups is 1. The van der Waals surface area contributed by atoms with Crippen LogP contribution < -0.4 is 4.90 Å². The van der Waals surface area contributed by atoms with Crippen LogP contribution in [0.25, 0.3) is 10.2 Å². The van der Waals surface area contributed by atoms with Crippen LogP contribution in [-0.2, 0) is 9.84 Å². The molecule has 0 bridgehead atoms. The molecule has 4 rings (SSSR count). The Morgan fingerprint density at radius 3 is 2.89 bits per heavy atom. The predicted octanol–water partition coefficient (Wildman–Crippen LogP) is 1.92. The molecule has 100 valence electrons. The van der Waals surface area contributed by atoms with Crippen molar-refractivity contribution < 1.29 is 8.42 Å². The fraction of sp³-hybridized carbons (Fsp3) is 0.462. The molecule has 19 heavy (non-hydrogen) atoms. The van der Waals surface area contributed by atoms with Crippen LogP contribution in [0.4, 0.5) is 5.13 Å². The minimum absolute atomic E-state index is 0.167. The molecule has 2 atom stereocenters. The SMILES string of the molecule is O=S1(=O)CC[C@H]2CN(c3nc4ccccc4s3)C[C@H]21. The van der Waals surface area contributed by atoms with Gasteiger partial charge in [0, 0.05) is 13.1 Å². The zero-order valence-corrected chi connectivity index (χ0v) is 12.0. The molecular formula is C13H14N2O2S2. The fourth-order valence-corrected chi connectivity index (χ4v) is 6.28. The molecule has 2 aliphatic rings. The molecule has 6 heteroatoms. The molecule has 1 aromatic heterocycles. The van der Waals surface area contributed by atoms with Gasteiger partial charge in [0.25, 0.3) is 0 Å². The number of hydrogen-bond acceptors (Lipinski definition) is 5. The van der Waals surface area contributed by atoms with Gasteiger partial charge in [-0.3, -0.25) is 0 Å². The number of benzene rings is 1. The van der Waals surface area contributed by atoms with E-state index in [-0.39, 0.29) is 5.25 Å². The molecule has 0 aliphatic carbocycles. The van der Waals surface area contributed by atoms with Crippen molar-refractivity contribution in [3.05, 3.63) is 24.3 Å². The van der Waals surface area contributed by atoms with Gasteiger partial charge in [-0.05, 0) is 24.5 Å². The van der Waals surface area contributed by atoms with Crippen LogP contribution in [0.2, 0.25) is 0 Å². The summed E-state index contributed by atoms with van der Waals surface area (Å²) in [5.41, 5.74) is 1.00. The van der Waals surface area contributed by atoms with Crippen molar-refractivity contribution in [1.82, 2.24) is 4.98 Å². The van der Waals surface area contributed by atoms with Gasteiger partial charge in [0.15, 0.2) is 15.0 Å². The molecule has 0 N–H and O–H groups in total. The lowest BCUT2D eigenvalue weighted by atomic mass is 10.1. The maximum absolute atomic E-state index is 11.9. The number of hydrogen-bond donors (Lipinski definition) is 0. The molecule has 0 radical (unpaired) electrons. The molecule has 0 spiro atoms. The topological polar surface area (TPSA) is 50.3 Å². The molecule has 3 heterocycles. The number of rotatable bonds is 1. The molecule has 1 aromatic carbocycles. The maximum Gasteiger partial charge on any atom is 0.186 e. The lowest BCUT2D eigenvalue weighted by molar-refractivity contribution is 0.577. The first-order valence-corrected chi connectivity index (χ1v) is 8.99. The highest BCUT2D eigenvalue weighted by Gasteiger charge is 2.46. The Balaban J connectivity index is 1.68. The minimum atomic E-state index is -2.86. The van der Waals surface area contributed by atoms with Gasteiger partial charge in [0.2, 0.25) is 0 Å². The van der Waals surface area contributed by atoms with Crippen LogP contribution in [0.5, 0.6) is 0 Å². The second-order valence-corrected chi connectivity index (χ2v) is 8.67. The lowest BCUT2D eigenvalue weighted by Gasteiger charge is -2.15. The van der Waals surface area contributed by atoms with Crippen molar-refractivity contribution in [2.24, 2.45) is 5.92 Å². The van der Waals surface area contributed by atoms with E-state index < -0.39 is 9.84 Å². The van der Waals surface area contributed by atoms with Crippen molar-refractivity contribution in [3.63, 3.8) is 0 Å². The van der Waals surface area contributed by atoms with E-state index >= 15 is 0 Å². The van der Waals surface area contributed by atoms with E-state index in [1.165, 1.54) is 0 Å². The summed E-state index contributed by atoms with van der Waals surface area (Å²) in [7, 11) is -2.86. The van der Waals surface area contributed by atoms with Gasteiger partial charge in [-0.25, -0.2) is 13.4 Å². The number of para-hydroxylation sites is 1. The Morgan fingerprint density at radius 1 is 1.26 bits per heavy atom. The van der Waals surface area contributed by atoms with E-state index in [2.05, 4.69) is 16.0 Å². The van der Waals surface area contributed by atoms with Crippen molar-refractivity contribution in [1.29, 1.82) is 0 Å². The fourth-order valence-electron chi connectivity index (χ4n) is 3.14. The van der Waals surface area contributed by atoms with Crippen LogP contribution in [0.15, 0.2) is 24.3 Å². The van der Waals surface area contributed by atoms with E-state index in [1.54, 1.807) is 11.3 Å². The van der Waals surface area contributed by atoms with Gasteiger partial charge >= 0.3 is 0 Å². The third kappa shape index (κ3) is 1.77. The summed E-state index contributed by atoms with van der Waals surface area (Å²) < 4.78 is 25.1. The van der Waals surface area contributed by atoms with Crippen molar-refractivity contribution in [2.75, 3.05) is 23.7 Å². The molecular weight excluding hydrogens is 280 g/mol. The van der Waals surface area contributed by atoms with Crippen LogP contribution in [-0.4, -0.2) is 37.5 Å². The van der Waals surface area contributed by atoms with Gasteiger partial charge in [0.05, 0.1) is 21.2 Å². The summed E-state index contributed by atoms with van der Waals surface area (Å²) in [5, 5.41) is 0.797. The zero-order valence-electron chi connectivity index (χ0n) is 10.3. The summed E-state index contributed by atoms with van der Waals surface area (Å²) in [6.45, 7) is 1.45. The van der Waals surface area contributed by atoms with Crippen LogP contribution in [0.1, 0.15) is 6.42 Å². The van der Waals surface area contributed by atoms with Crippen LogP contribution in [0, 0.1) is 5.92 Å². The highest BCUT2D eigenvalue weighted by Crippen LogP contribution is 2.38. The van der Waals surface area contributed by atoms with Gasteiger partial charge in [-0.2, -0.15) is 0 Å². The Labute approximate surface area is 116 Å². The molecule has 2 fully saturated rings. The summed E-state index contributed by atoms with van der Waals surface area (Å²) in [5.74, 6) is 0.674. The van der Waals surface area contributed by atoms with Crippen molar-refractivity contribution in [3.8, 4) is 0 Å². The number of fused-ring (bicyclic) bond motifs is 2. The average Bonchev–Trinajstić information content (AvgIpc) is 3.05. The Kier molecular flexibility index (Phi) is 2.41. The van der Waals surface area contributed by atoms with Crippen molar-refractivity contribution in [2.45, 2.75) is 11.7 Å². The largest absolute Gasteiger partial charge is 0.346 e. The second-order valence-electron chi connectivity index (χ2n) is 5.32. The summed E-state index contributed by atoms with van der Waals surface area (Å²) in [4.78, 5) is 6.77. The summed E-state index contributed by atoms with van der Waals surface area (Å²) >= 11 is 1.65. The lowest BCUT2D eigenvalue weighted by Crippen LogP contribution is -2.26. The van der Waals surface area contributed by atoms with E-state index in [4.69, 9.17) is 0 Å². The van der Waals surface area contributed by atoms with E-state index in [0.29, 0.717) is 18.2 Å². The quantitative estimate of drug-likeness (QED) is 0.806. The van der Waals surface area contributed by atoms with Crippen molar-refractivity contribution >= 4 is 36.5 Å². The Bertz CT molecular complexity index is 705. The van der Waals surface area contributed by atoms with Gasteiger partial charge < -0.3 is 4.90 Å². The highest BCUT2D eigenvalue weighted by molar-refractivity contribution is 7.92. The predicted molar refractivity (Wildman–Crippen MR) is 77.5 cm³/mol. The number of anilines is 1. The second kappa shape index (κ2) is 3.93. The first-order chi connectivity index (χ1) is 9.13.